The molecule has 100 valence electrons. The molecule has 0 fully saturated rings. The van der Waals surface area contributed by atoms with Crippen LogP contribution in [0.15, 0.2) is 34.9 Å². The monoisotopic (exact) mass is 351 g/mol. The fourth-order valence-corrected chi connectivity index (χ4v) is 2.16. The molecule has 0 bridgehead atoms. The molecule has 20 heavy (non-hydrogen) atoms. The summed E-state index contributed by atoms with van der Waals surface area (Å²) in [5.41, 5.74) is 1.14. The minimum absolute atomic E-state index is 0.0334. The van der Waals surface area contributed by atoms with Crippen LogP contribution in [0.25, 0.3) is 0 Å². The number of carbonyl (C=O) groups is 1. The Hall–Kier alpha value is -2.10. The maximum absolute atomic E-state index is 11.0. The lowest BCUT2D eigenvalue weighted by Crippen LogP contribution is -2.01. The van der Waals surface area contributed by atoms with E-state index >= 15 is 0 Å². The van der Waals surface area contributed by atoms with Gasteiger partial charge in [-0.15, -0.1) is 0 Å². The Morgan fingerprint density at radius 1 is 1.45 bits per heavy atom. The molecule has 0 radical (unpaired) electrons. The molecule has 0 unspecified atom stereocenters. The summed E-state index contributed by atoms with van der Waals surface area (Å²) in [5, 5.41) is 20.8. The lowest BCUT2D eigenvalue weighted by molar-refractivity contribution is 0.0697. The largest absolute Gasteiger partial charge is 0.478 e. The van der Waals surface area contributed by atoms with Crippen molar-refractivity contribution in [2.45, 2.75) is 0 Å². The molecule has 0 aliphatic carbocycles. The van der Waals surface area contributed by atoms with Gasteiger partial charge in [0.05, 0.1) is 27.9 Å². The first-order valence-electron chi connectivity index (χ1n) is 5.37. The molecule has 2 N–H and O–H groups in total. The van der Waals surface area contributed by atoms with Crippen molar-refractivity contribution in [2.75, 3.05) is 5.32 Å². The Labute approximate surface area is 128 Å². The number of nitrogens with one attached hydrogen (secondary N) is 1. The van der Waals surface area contributed by atoms with Crippen LogP contribution in [0, 0.1) is 11.3 Å². The third-order valence-corrected chi connectivity index (χ3v) is 3.40. The number of benzene rings is 1. The van der Waals surface area contributed by atoms with Crippen LogP contribution in [0.5, 0.6) is 0 Å². The normalized spacial score (nSPS) is 9.85. The van der Waals surface area contributed by atoms with E-state index in [-0.39, 0.29) is 10.6 Å². The van der Waals surface area contributed by atoms with E-state index in [1.165, 1.54) is 12.3 Å². The minimum Gasteiger partial charge on any atom is -0.478 e. The van der Waals surface area contributed by atoms with Crippen LogP contribution in [0.1, 0.15) is 15.9 Å². The van der Waals surface area contributed by atoms with Crippen molar-refractivity contribution < 1.29 is 9.90 Å². The van der Waals surface area contributed by atoms with Crippen LogP contribution in [-0.2, 0) is 0 Å². The van der Waals surface area contributed by atoms with Gasteiger partial charge in [-0.05, 0) is 40.2 Å². The molecular formula is C13H7BrClN3O2. The van der Waals surface area contributed by atoms with Crippen LogP contribution in [0.3, 0.4) is 0 Å². The van der Waals surface area contributed by atoms with Crippen LogP contribution in [-0.4, -0.2) is 16.1 Å². The summed E-state index contributed by atoms with van der Waals surface area (Å²) < 4.78 is 0.671. The number of hydrogen-bond donors (Lipinski definition) is 2. The average Bonchev–Trinajstić information content (AvgIpc) is 2.42. The van der Waals surface area contributed by atoms with Crippen LogP contribution in [0.2, 0.25) is 5.02 Å². The molecular weight excluding hydrogens is 346 g/mol. The molecule has 0 aliphatic rings. The molecule has 0 spiro atoms. The predicted octanol–water partition coefficient (Wildman–Crippen LogP) is 3.81. The summed E-state index contributed by atoms with van der Waals surface area (Å²) in [7, 11) is 0. The van der Waals surface area contributed by atoms with Crippen molar-refractivity contribution in [3.63, 3.8) is 0 Å². The van der Waals surface area contributed by atoms with Gasteiger partial charge in [0.15, 0.2) is 0 Å². The van der Waals surface area contributed by atoms with E-state index in [9.17, 15) is 4.79 Å². The van der Waals surface area contributed by atoms with Gasteiger partial charge in [-0.2, -0.15) is 5.26 Å². The van der Waals surface area contributed by atoms with Crippen LogP contribution >= 0.6 is 27.5 Å². The van der Waals surface area contributed by atoms with Gasteiger partial charge < -0.3 is 10.4 Å². The van der Waals surface area contributed by atoms with Crippen molar-refractivity contribution in [3.8, 4) is 6.07 Å². The topological polar surface area (TPSA) is 86.0 Å². The quantitative estimate of drug-likeness (QED) is 0.877. The summed E-state index contributed by atoms with van der Waals surface area (Å²) >= 11 is 9.07. The number of aromatic nitrogens is 1. The lowest BCUT2D eigenvalue weighted by atomic mass is 10.2. The summed E-state index contributed by atoms with van der Waals surface area (Å²) in [4.78, 5) is 15.0. The van der Waals surface area contributed by atoms with Crippen LogP contribution in [0.4, 0.5) is 11.5 Å². The molecule has 1 heterocycles. The van der Waals surface area contributed by atoms with Crippen molar-refractivity contribution in [2.24, 2.45) is 0 Å². The van der Waals surface area contributed by atoms with Crippen LogP contribution < -0.4 is 5.32 Å². The molecule has 5 nitrogen and oxygen atoms in total. The second kappa shape index (κ2) is 5.90. The highest BCUT2D eigenvalue weighted by atomic mass is 79.9. The summed E-state index contributed by atoms with van der Waals surface area (Å²) in [6, 6.07) is 8.35. The maximum atomic E-state index is 11.0. The Bertz CT molecular complexity index is 728. The van der Waals surface area contributed by atoms with Crippen molar-refractivity contribution in [1.82, 2.24) is 4.98 Å². The molecule has 2 rings (SSSR count). The molecule has 1 aromatic heterocycles. The zero-order valence-corrected chi connectivity index (χ0v) is 12.2. The predicted molar refractivity (Wildman–Crippen MR) is 78.3 cm³/mol. The number of pyridine rings is 1. The van der Waals surface area contributed by atoms with E-state index in [1.54, 1.807) is 18.2 Å². The number of anilines is 2. The van der Waals surface area contributed by atoms with E-state index in [0.29, 0.717) is 21.5 Å². The number of carboxylic acids is 1. The molecule has 1 aromatic carbocycles. The summed E-state index contributed by atoms with van der Waals surface area (Å²) in [5.74, 6) is -0.781. The van der Waals surface area contributed by atoms with Gasteiger partial charge in [-0.25, -0.2) is 9.78 Å². The van der Waals surface area contributed by atoms with Gasteiger partial charge in [-0.3, -0.25) is 0 Å². The number of carboxylic acid groups (broad SMARTS) is 1. The number of rotatable bonds is 3. The minimum atomic E-state index is -1.13. The SMILES string of the molecule is N#Cc1ccc(Nc2cc(C(=O)O)c(Cl)cn2)c(Br)c1. The van der Waals surface area contributed by atoms with Crippen molar-refractivity contribution >= 4 is 45.0 Å². The lowest BCUT2D eigenvalue weighted by Gasteiger charge is -2.09. The maximum Gasteiger partial charge on any atom is 0.337 e. The van der Waals surface area contributed by atoms with Gasteiger partial charge in [0.1, 0.15) is 5.82 Å². The zero-order chi connectivity index (χ0) is 14.7. The highest BCUT2D eigenvalue weighted by Crippen LogP contribution is 2.27. The molecule has 7 heteroatoms. The average molecular weight is 353 g/mol. The van der Waals surface area contributed by atoms with Gasteiger partial charge >= 0.3 is 5.97 Å². The smallest absolute Gasteiger partial charge is 0.337 e. The molecule has 0 aliphatic heterocycles. The van der Waals surface area contributed by atoms with Gasteiger partial charge in [0.2, 0.25) is 0 Å². The fourth-order valence-electron chi connectivity index (χ4n) is 1.49. The number of nitrogens with zero attached hydrogens (tertiary/aromatic N) is 2. The number of hydrogen-bond acceptors (Lipinski definition) is 4. The molecule has 0 saturated carbocycles. The van der Waals surface area contributed by atoms with Gasteiger partial charge in [0.25, 0.3) is 0 Å². The van der Waals surface area contributed by atoms with E-state index in [2.05, 4.69) is 26.2 Å². The first-order valence-corrected chi connectivity index (χ1v) is 6.54. The summed E-state index contributed by atoms with van der Waals surface area (Å²) in [6.45, 7) is 0. The third kappa shape index (κ3) is 3.07. The second-order valence-electron chi connectivity index (χ2n) is 3.79. The summed E-state index contributed by atoms with van der Waals surface area (Å²) in [6.07, 6.45) is 1.27. The van der Waals surface area contributed by atoms with Crippen molar-refractivity contribution in [3.05, 3.63) is 51.1 Å². The Morgan fingerprint density at radius 2 is 2.20 bits per heavy atom. The van der Waals surface area contributed by atoms with E-state index < -0.39 is 5.97 Å². The standard InChI is InChI=1S/C13H7BrClN3O2/c14-9-3-7(5-16)1-2-11(9)18-12-4-8(13(19)20)10(15)6-17-12/h1-4,6H,(H,17,18)(H,19,20). The van der Waals surface area contributed by atoms with E-state index in [4.69, 9.17) is 22.0 Å². The van der Waals surface area contributed by atoms with Crippen molar-refractivity contribution in [1.29, 1.82) is 5.26 Å². The number of halogens is 2. The third-order valence-electron chi connectivity index (χ3n) is 2.45. The number of aromatic carboxylic acids is 1. The molecule has 0 saturated heterocycles. The molecule has 0 atom stereocenters. The first kappa shape index (κ1) is 14.3. The molecule has 0 amide bonds. The Kier molecular flexibility index (Phi) is 4.23. The fraction of sp³-hybridized carbons (Fsp3) is 0. The molecule has 2 aromatic rings. The second-order valence-corrected chi connectivity index (χ2v) is 5.05. The highest BCUT2D eigenvalue weighted by molar-refractivity contribution is 9.10. The zero-order valence-electron chi connectivity index (χ0n) is 9.89. The Balaban J connectivity index is 2.33. The first-order chi connectivity index (χ1) is 9.51. The number of nitriles is 1. The van der Waals surface area contributed by atoms with Gasteiger partial charge in [-0.1, -0.05) is 11.6 Å². The Morgan fingerprint density at radius 3 is 2.80 bits per heavy atom. The van der Waals surface area contributed by atoms with E-state index in [1.807, 2.05) is 6.07 Å². The van der Waals surface area contributed by atoms with E-state index in [0.717, 1.165) is 0 Å². The van der Waals surface area contributed by atoms with Gasteiger partial charge in [0, 0.05) is 10.7 Å². The highest BCUT2D eigenvalue weighted by Gasteiger charge is 2.11.